The summed E-state index contributed by atoms with van der Waals surface area (Å²) in [7, 11) is 1.65. The molecule has 116 valence electrons. The first-order valence-electron chi connectivity index (χ1n) is 7.26. The smallest absolute Gasteiger partial charge is 0.321 e. The number of hydrogen-bond donors (Lipinski definition) is 1. The van der Waals surface area contributed by atoms with Gasteiger partial charge >= 0.3 is 6.03 Å². The number of carbonyl (C=O) groups is 1. The molecule has 0 radical (unpaired) electrons. The van der Waals surface area contributed by atoms with Gasteiger partial charge in [-0.1, -0.05) is 11.2 Å². The number of benzene rings is 1. The number of carbonyl (C=O) groups excluding carboxylic acids is 1. The standard InChI is InChI=1S/C16H18FN3O2/c1-10-7-13(19-22-10)9-20(2)16(21)18-12-5-6-14(11-3-4-11)15(17)8-12/h5-8,11H,3-4,9H2,1-2H3,(H,18,21). The molecule has 6 heteroatoms. The topological polar surface area (TPSA) is 58.4 Å². The second-order valence-electron chi connectivity index (χ2n) is 5.73. The highest BCUT2D eigenvalue weighted by Crippen LogP contribution is 2.41. The molecule has 0 bridgehead atoms. The molecule has 0 unspecified atom stereocenters. The van der Waals surface area contributed by atoms with Gasteiger partial charge < -0.3 is 14.7 Å². The van der Waals surface area contributed by atoms with Gasteiger partial charge in [-0.25, -0.2) is 9.18 Å². The number of anilines is 1. The summed E-state index contributed by atoms with van der Waals surface area (Å²) < 4.78 is 18.9. The van der Waals surface area contributed by atoms with Crippen molar-refractivity contribution in [2.45, 2.75) is 32.2 Å². The predicted octanol–water partition coefficient (Wildman–Crippen LogP) is 3.66. The number of nitrogens with zero attached hydrogens (tertiary/aromatic N) is 2. The number of rotatable bonds is 4. The van der Waals surface area contributed by atoms with Crippen LogP contribution < -0.4 is 5.32 Å². The van der Waals surface area contributed by atoms with E-state index in [0.29, 0.717) is 29.6 Å². The molecule has 1 aliphatic carbocycles. The monoisotopic (exact) mass is 303 g/mol. The molecule has 3 rings (SSSR count). The molecule has 22 heavy (non-hydrogen) atoms. The summed E-state index contributed by atoms with van der Waals surface area (Å²) in [4.78, 5) is 13.6. The first kappa shape index (κ1) is 14.6. The van der Waals surface area contributed by atoms with Crippen molar-refractivity contribution in [3.63, 3.8) is 0 Å². The van der Waals surface area contributed by atoms with E-state index in [0.717, 1.165) is 18.4 Å². The first-order chi connectivity index (χ1) is 10.5. The summed E-state index contributed by atoms with van der Waals surface area (Å²) in [5, 5.41) is 6.53. The van der Waals surface area contributed by atoms with E-state index in [9.17, 15) is 9.18 Å². The molecule has 0 spiro atoms. The average molecular weight is 303 g/mol. The normalized spacial score (nSPS) is 14.0. The molecule has 1 saturated carbocycles. The summed E-state index contributed by atoms with van der Waals surface area (Å²) in [6, 6.07) is 6.32. The molecular formula is C16H18FN3O2. The summed E-state index contributed by atoms with van der Waals surface area (Å²) in [6.45, 7) is 2.12. The van der Waals surface area contributed by atoms with E-state index in [4.69, 9.17) is 4.52 Å². The van der Waals surface area contributed by atoms with E-state index >= 15 is 0 Å². The number of aromatic nitrogens is 1. The van der Waals surface area contributed by atoms with E-state index in [1.54, 1.807) is 32.2 Å². The Morgan fingerprint density at radius 2 is 2.23 bits per heavy atom. The van der Waals surface area contributed by atoms with Crippen LogP contribution in [0.5, 0.6) is 0 Å². The largest absolute Gasteiger partial charge is 0.361 e. The van der Waals surface area contributed by atoms with Gasteiger partial charge in [0.1, 0.15) is 17.3 Å². The van der Waals surface area contributed by atoms with Gasteiger partial charge in [-0.15, -0.1) is 0 Å². The van der Waals surface area contributed by atoms with E-state index < -0.39 is 0 Å². The van der Waals surface area contributed by atoms with E-state index in [-0.39, 0.29) is 11.8 Å². The van der Waals surface area contributed by atoms with Gasteiger partial charge in [-0.2, -0.15) is 0 Å². The zero-order valence-electron chi connectivity index (χ0n) is 12.6. The minimum Gasteiger partial charge on any atom is -0.361 e. The van der Waals surface area contributed by atoms with E-state index in [2.05, 4.69) is 10.5 Å². The maximum Gasteiger partial charge on any atom is 0.321 e. The van der Waals surface area contributed by atoms with Gasteiger partial charge in [0.25, 0.3) is 0 Å². The molecule has 1 fully saturated rings. The van der Waals surface area contributed by atoms with Crippen LogP contribution in [0, 0.1) is 12.7 Å². The van der Waals surface area contributed by atoms with Crippen LogP contribution in [0.1, 0.15) is 35.8 Å². The molecular weight excluding hydrogens is 285 g/mol. The molecule has 2 amide bonds. The van der Waals surface area contributed by atoms with E-state index in [1.165, 1.54) is 11.0 Å². The fourth-order valence-corrected chi connectivity index (χ4v) is 2.36. The quantitative estimate of drug-likeness (QED) is 0.937. The van der Waals surface area contributed by atoms with Crippen LogP contribution in [0.4, 0.5) is 14.9 Å². The Morgan fingerprint density at radius 3 is 2.82 bits per heavy atom. The van der Waals surface area contributed by atoms with Crippen LogP contribution in [-0.4, -0.2) is 23.1 Å². The second kappa shape index (κ2) is 5.79. The molecule has 1 heterocycles. The lowest BCUT2D eigenvalue weighted by molar-refractivity contribution is 0.219. The van der Waals surface area contributed by atoms with Crippen LogP contribution in [0.3, 0.4) is 0 Å². The Balaban J connectivity index is 1.62. The lowest BCUT2D eigenvalue weighted by Gasteiger charge is -2.16. The third kappa shape index (κ3) is 3.27. The van der Waals surface area contributed by atoms with Crippen molar-refractivity contribution < 1.29 is 13.7 Å². The molecule has 1 aliphatic rings. The van der Waals surface area contributed by atoms with Crippen LogP contribution in [0.25, 0.3) is 0 Å². The van der Waals surface area contributed by atoms with Crippen molar-refractivity contribution >= 4 is 11.7 Å². The second-order valence-corrected chi connectivity index (χ2v) is 5.73. The highest BCUT2D eigenvalue weighted by Gasteiger charge is 2.26. The highest BCUT2D eigenvalue weighted by atomic mass is 19.1. The van der Waals surface area contributed by atoms with Gasteiger partial charge in [0.2, 0.25) is 0 Å². The van der Waals surface area contributed by atoms with Crippen molar-refractivity contribution in [1.82, 2.24) is 10.1 Å². The molecule has 2 aromatic rings. The fraction of sp³-hybridized carbons (Fsp3) is 0.375. The van der Waals surface area contributed by atoms with Crippen molar-refractivity contribution in [2.24, 2.45) is 0 Å². The molecule has 1 aromatic heterocycles. The zero-order valence-corrected chi connectivity index (χ0v) is 12.6. The van der Waals surface area contributed by atoms with Gasteiger partial charge in [0, 0.05) is 18.8 Å². The number of aryl methyl sites for hydroxylation is 1. The Bertz CT molecular complexity index is 694. The predicted molar refractivity (Wildman–Crippen MR) is 80.1 cm³/mol. The number of hydrogen-bond acceptors (Lipinski definition) is 3. The summed E-state index contributed by atoms with van der Waals surface area (Å²) >= 11 is 0. The fourth-order valence-electron chi connectivity index (χ4n) is 2.36. The van der Waals surface area contributed by atoms with Crippen LogP contribution in [-0.2, 0) is 6.54 Å². The van der Waals surface area contributed by atoms with Gasteiger partial charge in [0.15, 0.2) is 0 Å². The third-order valence-corrected chi connectivity index (χ3v) is 3.69. The van der Waals surface area contributed by atoms with Gasteiger partial charge in [0.05, 0.1) is 6.54 Å². The minimum absolute atomic E-state index is 0.255. The molecule has 1 N–H and O–H groups in total. The van der Waals surface area contributed by atoms with Crippen molar-refractivity contribution in [1.29, 1.82) is 0 Å². The highest BCUT2D eigenvalue weighted by molar-refractivity contribution is 5.89. The van der Waals surface area contributed by atoms with Gasteiger partial charge in [-0.05, 0) is 43.4 Å². The van der Waals surface area contributed by atoms with Gasteiger partial charge in [-0.3, -0.25) is 0 Å². The SMILES string of the molecule is Cc1cc(CN(C)C(=O)Nc2ccc(C3CC3)c(F)c2)no1. The maximum atomic E-state index is 14.0. The lowest BCUT2D eigenvalue weighted by Crippen LogP contribution is -2.31. The first-order valence-corrected chi connectivity index (χ1v) is 7.26. The van der Waals surface area contributed by atoms with Crippen LogP contribution in [0.15, 0.2) is 28.8 Å². The molecule has 1 aromatic carbocycles. The Kier molecular flexibility index (Phi) is 3.83. The summed E-state index contributed by atoms with van der Waals surface area (Å²) in [5.74, 6) is 0.791. The van der Waals surface area contributed by atoms with E-state index in [1.807, 2.05) is 0 Å². The Hall–Kier alpha value is -2.37. The van der Waals surface area contributed by atoms with Crippen molar-refractivity contribution in [3.05, 3.63) is 47.1 Å². The lowest BCUT2D eigenvalue weighted by atomic mass is 10.1. The maximum absolute atomic E-state index is 14.0. The molecule has 0 saturated heterocycles. The average Bonchev–Trinajstić information content (AvgIpc) is 3.22. The summed E-state index contributed by atoms with van der Waals surface area (Å²) in [6.07, 6.45) is 2.09. The number of urea groups is 1. The number of nitrogens with one attached hydrogen (secondary N) is 1. The van der Waals surface area contributed by atoms with Crippen LogP contribution >= 0.6 is 0 Å². The van der Waals surface area contributed by atoms with Crippen LogP contribution in [0.2, 0.25) is 0 Å². The summed E-state index contributed by atoms with van der Waals surface area (Å²) in [5.41, 5.74) is 1.87. The molecule has 0 aliphatic heterocycles. The zero-order chi connectivity index (χ0) is 15.7. The molecule has 0 atom stereocenters. The van der Waals surface area contributed by atoms with Crippen molar-refractivity contribution in [2.75, 3.05) is 12.4 Å². The Morgan fingerprint density at radius 1 is 1.45 bits per heavy atom. The number of halogens is 1. The third-order valence-electron chi connectivity index (χ3n) is 3.69. The Labute approximate surface area is 128 Å². The minimum atomic E-state index is -0.320. The number of amides is 2. The molecule has 5 nitrogen and oxygen atoms in total. The van der Waals surface area contributed by atoms with Crippen molar-refractivity contribution in [3.8, 4) is 0 Å².